The van der Waals surface area contributed by atoms with E-state index in [-0.39, 0.29) is 34.9 Å². The minimum Gasteiger partial charge on any atom is -0.352 e. The predicted octanol–water partition coefficient (Wildman–Crippen LogP) is 4.77. The number of likely N-dealkylation sites (tertiary alicyclic amines) is 1. The van der Waals surface area contributed by atoms with Gasteiger partial charge in [-0.1, -0.05) is 25.1 Å². The number of alkyl halides is 3. The number of nitrogens with zero attached hydrogens (tertiary/aromatic N) is 6. The van der Waals surface area contributed by atoms with E-state index in [1.165, 1.54) is 17.0 Å². The van der Waals surface area contributed by atoms with E-state index in [0.717, 1.165) is 30.7 Å². The Balaban J connectivity index is 1.19. The molecule has 1 N–H and O–H groups in total. The van der Waals surface area contributed by atoms with Crippen molar-refractivity contribution in [2.45, 2.75) is 50.9 Å². The number of carbonyl (C=O) groups is 2. The second-order valence-electron chi connectivity index (χ2n) is 13.8. The second-order valence-corrected chi connectivity index (χ2v) is 13.8. The van der Waals surface area contributed by atoms with Crippen molar-refractivity contribution in [1.82, 2.24) is 29.9 Å². The van der Waals surface area contributed by atoms with Crippen LogP contribution in [0, 0.1) is 11.8 Å². The molecule has 0 bridgehead atoms. The summed E-state index contributed by atoms with van der Waals surface area (Å²) in [5.41, 5.74) is 1.01. The van der Waals surface area contributed by atoms with Gasteiger partial charge in [0.05, 0.1) is 17.5 Å². The van der Waals surface area contributed by atoms with Gasteiger partial charge in [0.25, 0.3) is 5.91 Å². The van der Waals surface area contributed by atoms with E-state index in [2.05, 4.69) is 27.3 Å². The van der Waals surface area contributed by atoms with Crippen LogP contribution in [-0.4, -0.2) is 76.7 Å². The lowest BCUT2D eigenvalue weighted by Gasteiger charge is -2.46. The number of anilines is 1. The minimum atomic E-state index is -4.60. The molecule has 9 nitrogen and oxygen atoms in total. The van der Waals surface area contributed by atoms with E-state index in [0.29, 0.717) is 49.9 Å². The molecule has 3 aliphatic rings. The second kappa shape index (κ2) is 12.9. The van der Waals surface area contributed by atoms with Crippen LogP contribution in [-0.2, 0) is 36.5 Å². The van der Waals surface area contributed by atoms with Gasteiger partial charge in [-0.3, -0.25) is 14.5 Å². The van der Waals surface area contributed by atoms with Gasteiger partial charge >= 0.3 is 6.18 Å². The Morgan fingerprint density at radius 1 is 1.19 bits per heavy atom. The molecule has 12 heteroatoms. The Morgan fingerprint density at radius 3 is 2.66 bits per heavy atom. The van der Waals surface area contributed by atoms with E-state index >= 15 is 0 Å². The van der Waals surface area contributed by atoms with Crippen LogP contribution in [0.2, 0.25) is 0 Å². The number of likely N-dealkylation sites (N-methyl/N-ethyl adjacent to an activating group) is 1. The van der Waals surface area contributed by atoms with Crippen molar-refractivity contribution in [2.24, 2.45) is 18.9 Å². The van der Waals surface area contributed by atoms with Crippen LogP contribution in [0.15, 0.2) is 54.9 Å². The lowest BCUT2D eigenvalue weighted by molar-refractivity contribution is -0.138. The molecule has 47 heavy (non-hydrogen) atoms. The number of carbonyl (C=O) groups excluding carboxylic acids is 2. The average molecular weight is 650 g/mol. The first-order chi connectivity index (χ1) is 22.3. The number of rotatable bonds is 10. The molecule has 1 saturated carbocycles. The summed E-state index contributed by atoms with van der Waals surface area (Å²) in [5.74, 6) is 0.948. The van der Waals surface area contributed by atoms with Crippen molar-refractivity contribution in [3.63, 3.8) is 0 Å². The Morgan fingerprint density at radius 2 is 1.98 bits per heavy atom. The largest absolute Gasteiger partial charge is 0.416 e. The van der Waals surface area contributed by atoms with Crippen LogP contribution in [0.3, 0.4) is 0 Å². The molecular formula is C35H42F3N7O2. The van der Waals surface area contributed by atoms with Crippen molar-refractivity contribution in [1.29, 1.82) is 0 Å². The summed E-state index contributed by atoms with van der Waals surface area (Å²) >= 11 is 0. The standard InChI is InChI=1S/C35H42F3N7O2/c1-23-16-34(17-23,33-41-40-22-43(33)4)26-7-5-8-27(15-26)45-21-29-28(32(45)47)13-25(14-30(29)35(36,37)38)20-44-12-10-24(19-44)18-39-31(46)9-6-11-42(2)3/h5-9,13-15,22-24H,10-12,16-21H2,1-4H3,(H,39,46)/b9-6+. The van der Waals surface area contributed by atoms with Gasteiger partial charge in [-0.25, -0.2) is 0 Å². The number of aryl methyl sites for hydroxylation is 1. The lowest BCUT2D eigenvalue weighted by Crippen LogP contribution is -2.43. The Kier molecular flexibility index (Phi) is 9.01. The highest BCUT2D eigenvalue weighted by molar-refractivity contribution is 6.10. The van der Waals surface area contributed by atoms with Crippen LogP contribution in [0.1, 0.15) is 64.6 Å². The maximum absolute atomic E-state index is 14.5. The van der Waals surface area contributed by atoms with E-state index in [9.17, 15) is 22.8 Å². The summed E-state index contributed by atoms with van der Waals surface area (Å²) < 4.78 is 45.3. The normalized spacial score (nSPS) is 23.1. The monoisotopic (exact) mass is 649 g/mol. The highest BCUT2D eigenvalue weighted by atomic mass is 19.4. The number of benzene rings is 2. The highest BCUT2D eigenvalue weighted by Gasteiger charge is 2.48. The number of halogens is 3. The van der Waals surface area contributed by atoms with Gasteiger partial charge in [0, 0.05) is 50.6 Å². The molecule has 1 atom stereocenters. The zero-order chi connectivity index (χ0) is 33.5. The van der Waals surface area contributed by atoms with Crippen LogP contribution in [0.4, 0.5) is 18.9 Å². The number of aromatic nitrogens is 3. The summed E-state index contributed by atoms with van der Waals surface area (Å²) in [6.07, 6.45) is 2.96. The van der Waals surface area contributed by atoms with Crippen molar-refractivity contribution < 1.29 is 22.8 Å². The molecule has 3 heterocycles. The van der Waals surface area contributed by atoms with Crippen molar-refractivity contribution in [3.8, 4) is 0 Å². The zero-order valence-electron chi connectivity index (χ0n) is 27.3. The number of hydrogen-bond acceptors (Lipinski definition) is 6. The summed E-state index contributed by atoms with van der Waals surface area (Å²) in [4.78, 5) is 31.5. The molecule has 2 aromatic carbocycles. The molecule has 2 amide bonds. The fourth-order valence-corrected chi connectivity index (χ4v) is 7.54. The van der Waals surface area contributed by atoms with Crippen molar-refractivity contribution in [2.75, 3.05) is 45.2 Å². The topological polar surface area (TPSA) is 86.6 Å². The van der Waals surface area contributed by atoms with E-state index in [1.807, 2.05) is 48.8 Å². The van der Waals surface area contributed by atoms with Gasteiger partial charge in [0.15, 0.2) is 0 Å². The third-order valence-corrected chi connectivity index (χ3v) is 9.73. The molecular weight excluding hydrogens is 607 g/mol. The summed E-state index contributed by atoms with van der Waals surface area (Å²) in [5, 5.41) is 11.4. The van der Waals surface area contributed by atoms with E-state index < -0.39 is 17.6 Å². The molecule has 0 spiro atoms. The fourth-order valence-electron chi connectivity index (χ4n) is 7.54. The maximum atomic E-state index is 14.5. The number of amides is 2. The Bertz CT molecular complexity index is 1680. The predicted molar refractivity (Wildman–Crippen MR) is 173 cm³/mol. The van der Waals surface area contributed by atoms with Crippen molar-refractivity contribution in [3.05, 3.63) is 88.5 Å². The van der Waals surface area contributed by atoms with Crippen molar-refractivity contribution >= 4 is 17.5 Å². The molecule has 1 unspecified atom stereocenters. The molecule has 6 rings (SSSR count). The van der Waals surface area contributed by atoms with Gasteiger partial charge in [0.1, 0.15) is 12.2 Å². The highest BCUT2D eigenvalue weighted by Crippen LogP contribution is 2.52. The quantitative estimate of drug-likeness (QED) is 0.319. The molecule has 2 aliphatic heterocycles. The minimum absolute atomic E-state index is 0.0151. The van der Waals surface area contributed by atoms with Crippen LogP contribution in [0.5, 0.6) is 0 Å². The maximum Gasteiger partial charge on any atom is 0.416 e. The van der Waals surface area contributed by atoms with Gasteiger partial charge in [-0.15, -0.1) is 10.2 Å². The number of fused-ring (bicyclic) bond motifs is 1. The molecule has 3 aromatic rings. The average Bonchev–Trinajstić information content (AvgIpc) is 3.72. The SMILES string of the molecule is CC1CC(c2cccc(N3Cc4c(cc(CN5CCC(CNC(=O)/C=C/CN(C)C)C5)cc4C(F)(F)F)C3=O)c2)(c2nncn2C)C1. The van der Waals surface area contributed by atoms with Crippen LogP contribution < -0.4 is 10.2 Å². The van der Waals surface area contributed by atoms with Crippen LogP contribution in [0.25, 0.3) is 0 Å². The third kappa shape index (κ3) is 6.71. The first kappa shape index (κ1) is 32.9. The van der Waals surface area contributed by atoms with Gasteiger partial charge in [-0.05, 0) is 92.7 Å². The number of nitrogens with one attached hydrogen (secondary N) is 1. The lowest BCUT2D eigenvalue weighted by atomic mass is 9.58. The first-order valence-corrected chi connectivity index (χ1v) is 16.2. The molecule has 1 saturated heterocycles. The summed E-state index contributed by atoms with van der Waals surface area (Å²) in [6, 6.07) is 10.4. The third-order valence-electron chi connectivity index (χ3n) is 9.73. The number of hydrogen-bond donors (Lipinski definition) is 1. The Labute approximate surface area is 273 Å². The molecule has 1 aromatic heterocycles. The Hall–Kier alpha value is -4.03. The fraction of sp³-hybridized carbons (Fsp3) is 0.486. The summed E-state index contributed by atoms with van der Waals surface area (Å²) in [6.45, 7) is 4.86. The van der Waals surface area contributed by atoms with Gasteiger partial charge in [0.2, 0.25) is 5.91 Å². The van der Waals surface area contributed by atoms with E-state index in [1.54, 1.807) is 24.5 Å². The summed E-state index contributed by atoms with van der Waals surface area (Å²) in [7, 11) is 5.76. The molecule has 0 radical (unpaired) electrons. The zero-order valence-corrected chi connectivity index (χ0v) is 27.3. The molecule has 2 fully saturated rings. The first-order valence-electron chi connectivity index (χ1n) is 16.2. The van der Waals surface area contributed by atoms with E-state index in [4.69, 9.17) is 0 Å². The van der Waals surface area contributed by atoms with Gasteiger partial charge in [-0.2, -0.15) is 13.2 Å². The van der Waals surface area contributed by atoms with Crippen LogP contribution >= 0.6 is 0 Å². The van der Waals surface area contributed by atoms with Gasteiger partial charge < -0.3 is 19.7 Å². The molecule has 1 aliphatic carbocycles. The smallest absolute Gasteiger partial charge is 0.352 e. The molecule has 250 valence electrons.